The molecule has 2 aromatic rings. The summed E-state index contributed by atoms with van der Waals surface area (Å²) < 4.78 is 10.5. The molecule has 0 unspecified atom stereocenters. The van der Waals surface area contributed by atoms with E-state index in [1.54, 1.807) is 14.2 Å². The van der Waals surface area contributed by atoms with Crippen molar-refractivity contribution in [1.29, 1.82) is 0 Å². The van der Waals surface area contributed by atoms with Gasteiger partial charge >= 0.3 is 0 Å². The number of halogens is 1. The maximum atomic E-state index is 11.8. The third kappa shape index (κ3) is 9.03. The van der Waals surface area contributed by atoms with Crippen LogP contribution in [-0.2, 0) is 17.6 Å². The molecule has 2 rings (SSSR count). The first-order chi connectivity index (χ1) is 13.6. The highest BCUT2D eigenvalue weighted by atomic mass is 127. The molecule has 0 aliphatic heterocycles. The van der Waals surface area contributed by atoms with Gasteiger partial charge in [-0.1, -0.05) is 36.4 Å². The van der Waals surface area contributed by atoms with Crippen molar-refractivity contribution in [3.63, 3.8) is 0 Å². The molecule has 2 aromatic carbocycles. The van der Waals surface area contributed by atoms with Gasteiger partial charge < -0.3 is 25.8 Å². The maximum Gasteiger partial charge on any atom is 0.241 e. The zero-order valence-corrected chi connectivity index (χ0v) is 19.1. The Bertz CT molecular complexity index is 785. The normalized spacial score (nSPS) is 10.6. The summed E-state index contributed by atoms with van der Waals surface area (Å²) in [5.41, 5.74) is 8.08. The number of guanidine groups is 1. The second-order valence-corrected chi connectivity index (χ2v) is 6.15. The van der Waals surface area contributed by atoms with E-state index in [0.717, 1.165) is 18.4 Å². The number of benzene rings is 2. The van der Waals surface area contributed by atoms with E-state index in [0.29, 0.717) is 24.6 Å². The summed E-state index contributed by atoms with van der Waals surface area (Å²) in [5.74, 6) is 1.48. The van der Waals surface area contributed by atoms with Crippen molar-refractivity contribution in [3.8, 4) is 11.5 Å². The Balaban J connectivity index is 0.00000420. The van der Waals surface area contributed by atoms with Gasteiger partial charge in [-0.25, -0.2) is 4.99 Å². The van der Waals surface area contributed by atoms with Gasteiger partial charge in [-0.2, -0.15) is 0 Å². The first-order valence-electron chi connectivity index (χ1n) is 9.17. The van der Waals surface area contributed by atoms with Crippen LogP contribution in [0.15, 0.2) is 53.5 Å². The number of ether oxygens (including phenoxy) is 2. The lowest BCUT2D eigenvalue weighted by atomic mass is 10.1. The summed E-state index contributed by atoms with van der Waals surface area (Å²) in [7, 11) is 3.21. The Labute approximate surface area is 189 Å². The Morgan fingerprint density at radius 2 is 1.59 bits per heavy atom. The van der Waals surface area contributed by atoms with Crippen LogP contribution in [0.5, 0.6) is 11.5 Å². The van der Waals surface area contributed by atoms with Crippen LogP contribution in [0.1, 0.15) is 11.1 Å². The summed E-state index contributed by atoms with van der Waals surface area (Å²) in [5, 5.41) is 5.85. The molecule has 0 fully saturated rings. The molecule has 29 heavy (non-hydrogen) atoms. The summed E-state index contributed by atoms with van der Waals surface area (Å²) in [6, 6.07) is 15.8. The van der Waals surface area contributed by atoms with Crippen LogP contribution in [0.2, 0.25) is 0 Å². The zero-order valence-electron chi connectivity index (χ0n) is 16.8. The molecule has 0 heterocycles. The molecule has 0 aliphatic carbocycles. The Morgan fingerprint density at radius 1 is 0.931 bits per heavy atom. The van der Waals surface area contributed by atoms with Gasteiger partial charge in [-0.3, -0.25) is 4.79 Å². The molecule has 0 atom stereocenters. The lowest BCUT2D eigenvalue weighted by molar-refractivity contribution is -0.119. The fraction of sp³-hybridized carbons (Fsp3) is 0.333. The van der Waals surface area contributed by atoms with E-state index >= 15 is 0 Å². The number of amides is 1. The van der Waals surface area contributed by atoms with Gasteiger partial charge in [-0.05, 0) is 36.1 Å². The van der Waals surface area contributed by atoms with Crippen LogP contribution >= 0.6 is 24.0 Å². The molecule has 4 N–H and O–H groups in total. The molecule has 1 amide bonds. The molecule has 7 nitrogen and oxygen atoms in total. The number of aliphatic imine (C=N–C) groups is 1. The van der Waals surface area contributed by atoms with Crippen LogP contribution in [0, 0.1) is 0 Å². The SMILES string of the molecule is COc1ccc(CCNC(N)=NCC(=O)NCCc2ccccc2)cc1OC.I. The molecule has 0 bridgehead atoms. The molecule has 0 saturated carbocycles. The van der Waals surface area contributed by atoms with Gasteiger partial charge in [0.15, 0.2) is 17.5 Å². The fourth-order valence-electron chi connectivity index (χ4n) is 2.63. The standard InChI is InChI=1S/C21H28N4O3.HI/c1-27-18-9-8-17(14-19(18)28-2)11-13-24-21(22)25-15-20(26)23-12-10-16-6-4-3-5-7-16;/h3-9,14H,10-13,15H2,1-2H3,(H,23,26)(H3,22,24,25);1H. The van der Waals surface area contributed by atoms with Gasteiger partial charge in [0.25, 0.3) is 0 Å². The molecule has 0 saturated heterocycles. The van der Waals surface area contributed by atoms with Crippen molar-refractivity contribution in [2.24, 2.45) is 10.7 Å². The average molecular weight is 512 g/mol. The number of methoxy groups -OCH3 is 2. The van der Waals surface area contributed by atoms with Gasteiger partial charge in [0.1, 0.15) is 6.54 Å². The van der Waals surface area contributed by atoms with Crippen LogP contribution in [0.3, 0.4) is 0 Å². The first kappa shape index (κ1) is 24.5. The van der Waals surface area contributed by atoms with E-state index in [1.165, 1.54) is 5.56 Å². The van der Waals surface area contributed by atoms with Gasteiger partial charge in [0.2, 0.25) is 5.91 Å². The number of carbonyl (C=O) groups is 1. The Hall–Kier alpha value is -2.49. The first-order valence-corrected chi connectivity index (χ1v) is 9.17. The lowest BCUT2D eigenvalue weighted by Gasteiger charge is -2.10. The van der Waals surface area contributed by atoms with E-state index < -0.39 is 0 Å². The second-order valence-electron chi connectivity index (χ2n) is 6.15. The number of hydrogen-bond acceptors (Lipinski definition) is 4. The molecule has 0 spiro atoms. The topological polar surface area (TPSA) is 98.0 Å². The number of nitrogens with two attached hydrogens (primary N) is 1. The van der Waals surface area contributed by atoms with Crippen molar-refractivity contribution in [2.75, 3.05) is 33.9 Å². The number of carbonyl (C=O) groups excluding carboxylic acids is 1. The molecule has 0 radical (unpaired) electrons. The summed E-state index contributed by atoms with van der Waals surface area (Å²) in [4.78, 5) is 15.9. The highest BCUT2D eigenvalue weighted by molar-refractivity contribution is 14.0. The largest absolute Gasteiger partial charge is 0.493 e. The monoisotopic (exact) mass is 512 g/mol. The van der Waals surface area contributed by atoms with Crippen LogP contribution < -0.4 is 25.8 Å². The third-order valence-electron chi connectivity index (χ3n) is 4.14. The lowest BCUT2D eigenvalue weighted by Crippen LogP contribution is -2.35. The third-order valence-corrected chi connectivity index (χ3v) is 4.14. The van der Waals surface area contributed by atoms with E-state index in [-0.39, 0.29) is 42.4 Å². The maximum absolute atomic E-state index is 11.8. The van der Waals surface area contributed by atoms with Gasteiger partial charge in [0.05, 0.1) is 14.2 Å². The minimum absolute atomic E-state index is 0. The molecular formula is C21H29IN4O3. The summed E-state index contributed by atoms with van der Waals surface area (Å²) >= 11 is 0. The number of nitrogens with zero attached hydrogens (tertiary/aromatic N) is 1. The van der Waals surface area contributed by atoms with Crippen molar-refractivity contribution in [3.05, 3.63) is 59.7 Å². The molecular weight excluding hydrogens is 483 g/mol. The second kappa shape index (κ2) is 13.6. The molecule has 8 heteroatoms. The molecule has 0 aromatic heterocycles. The minimum Gasteiger partial charge on any atom is -0.493 e. The predicted octanol–water partition coefficient (Wildman–Crippen LogP) is 2.13. The van der Waals surface area contributed by atoms with Crippen molar-refractivity contribution in [1.82, 2.24) is 10.6 Å². The summed E-state index contributed by atoms with van der Waals surface area (Å²) in [6.45, 7) is 1.18. The zero-order chi connectivity index (χ0) is 20.2. The van der Waals surface area contributed by atoms with Crippen LogP contribution in [0.25, 0.3) is 0 Å². The number of hydrogen-bond donors (Lipinski definition) is 3. The molecule has 0 aliphatic rings. The minimum atomic E-state index is -0.152. The van der Waals surface area contributed by atoms with Crippen LogP contribution in [0.4, 0.5) is 0 Å². The van der Waals surface area contributed by atoms with Gasteiger partial charge in [0, 0.05) is 13.1 Å². The van der Waals surface area contributed by atoms with E-state index in [4.69, 9.17) is 15.2 Å². The van der Waals surface area contributed by atoms with Crippen molar-refractivity contribution < 1.29 is 14.3 Å². The van der Waals surface area contributed by atoms with E-state index in [9.17, 15) is 4.79 Å². The number of nitrogens with one attached hydrogen (secondary N) is 2. The Morgan fingerprint density at radius 3 is 2.28 bits per heavy atom. The highest BCUT2D eigenvalue weighted by Crippen LogP contribution is 2.27. The van der Waals surface area contributed by atoms with E-state index in [1.807, 2.05) is 48.5 Å². The quantitative estimate of drug-likeness (QED) is 0.258. The fourth-order valence-corrected chi connectivity index (χ4v) is 2.63. The highest BCUT2D eigenvalue weighted by Gasteiger charge is 2.05. The van der Waals surface area contributed by atoms with Crippen molar-refractivity contribution >= 4 is 35.8 Å². The van der Waals surface area contributed by atoms with E-state index in [2.05, 4.69) is 15.6 Å². The average Bonchev–Trinajstić information content (AvgIpc) is 2.73. The summed E-state index contributed by atoms with van der Waals surface area (Å²) in [6.07, 6.45) is 1.52. The Kier molecular flexibility index (Phi) is 11.6. The predicted molar refractivity (Wildman–Crippen MR) is 126 cm³/mol. The number of rotatable bonds is 10. The van der Waals surface area contributed by atoms with Crippen LogP contribution in [-0.4, -0.2) is 45.7 Å². The van der Waals surface area contributed by atoms with Gasteiger partial charge in [-0.15, -0.1) is 24.0 Å². The smallest absolute Gasteiger partial charge is 0.241 e. The molecule has 158 valence electrons. The van der Waals surface area contributed by atoms with Crippen molar-refractivity contribution in [2.45, 2.75) is 12.8 Å².